The standard InChI is InChI=1S/C21H25N3O3/c1-16-7-9-17(10-8-16)15-23-11-13-24(14-12-23)21(26)22-19-6-4-3-5-18(19)20(25)27-2/h3-10H,11-15H2,1-2H3,(H,22,26)/p+1. The van der Waals surface area contributed by atoms with Crippen LogP contribution in [0.4, 0.5) is 10.5 Å². The number of carbonyl (C=O) groups excluding carboxylic acids is 2. The van der Waals surface area contributed by atoms with Crippen molar-refractivity contribution in [2.75, 3.05) is 38.6 Å². The van der Waals surface area contributed by atoms with E-state index < -0.39 is 5.97 Å². The van der Waals surface area contributed by atoms with Gasteiger partial charge in [-0.1, -0.05) is 42.0 Å². The number of para-hydroxylation sites is 1. The van der Waals surface area contributed by atoms with Crippen LogP contribution in [0, 0.1) is 6.92 Å². The number of benzene rings is 2. The van der Waals surface area contributed by atoms with Gasteiger partial charge in [0.05, 0.1) is 44.5 Å². The number of aryl methyl sites for hydroxylation is 1. The average Bonchev–Trinajstić information content (AvgIpc) is 2.70. The van der Waals surface area contributed by atoms with Gasteiger partial charge in [-0.15, -0.1) is 0 Å². The van der Waals surface area contributed by atoms with Crippen molar-refractivity contribution in [3.05, 3.63) is 65.2 Å². The fourth-order valence-corrected chi connectivity index (χ4v) is 3.27. The van der Waals surface area contributed by atoms with E-state index in [-0.39, 0.29) is 6.03 Å². The molecule has 2 aromatic rings. The summed E-state index contributed by atoms with van der Waals surface area (Å²) in [6, 6.07) is 15.3. The predicted octanol–water partition coefficient (Wildman–Crippen LogP) is 1.71. The van der Waals surface area contributed by atoms with Crippen LogP contribution in [0.3, 0.4) is 0 Å². The number of methoxy groups -OCH3 is 1. The van der Waals surface area contributed by atoms with Crippen LogP contribution in [0.1, 0.15) is 21.5 Å². The Hall–Kier alpha value is -2.86. The summed E-state index contributed by atoms with van der Waals surface area (Å²) in [5.41, 5.74) is 3.42. The molecule has 6 heteroatoms. The van der Waals surface area contributed by atoms with Gasteiger partial charge in [0, 0.05) is 5.56 Å². The van der Waals surface area contributed by atoms with Crippen molar-refractivity contribution in [2.24, 2.45) is 0 Å². The van der Waals surface area contributed by atoms with E-state index in [2.05, 4.69) is 36.5 Å². The van der Waals surface area contributed by atoms with Crippen LogP contribution in [0.25, 0.3) is 0 Å². The van der Waals surface area contributed by atoms with Crippen LogP contribution < -0.4 is 10.2 Å². The van der Waals surface area contributed by atoms with Gasteiger partial charge < -0.3 is 19.9 Å². The summed E-state index contributed by atoms with van der Waals surface area (Å²) in [5, 5.41) is 2.84. The number of anilines is 1. The second kappa shape index (κ2) is 8.68. The summed E-state index contributed by atoms with van der Waals surface area (Å²) < 4.78 is 4.77. The summed E-state index contributed by atoms with van der Waals surface area (Å²) in [6.07, 6.45) is 0. The van der Waals surface area contributed by atoms with E-state index in [1.165, 1.54) is 23.1 Å². The third-order valence-corrected chi connectivity index (χ3v) is 4.91. The normalized spacial score (nSPS) is 14.7. The van der Waals surface area contributed by atoms with Gasteiger partial charge in [0.2, 0.25) is 0 Å². The number of nitrogens with zero attached hydrogens (tertiary/aromatic N) is 1. The third kappa shape index (κ3) is 4.86. The summed E-state index contributed by atoms with van der Waals surface area (Å²) >= 11 is 0. The van der Waals surface area contributed by atoms with Crippen LogP contribution in [0.5, 0.6) is 0 Å². The van der Waals surface area contributed by atoms with Gasteiger partial charge >= 0.3 is 12.0 Å². The number of piperazine rings is 1. The van der Waals surface area contributed by atoms with E-state index in [1.807, 2.05) is 0 Å². The highest BCUT2D eigenvalue weighted by Crippen LogP contribution is 2.16. The van der Waals surface area contributed by atoms with Gasteiger partial charge in [-0.05, 0) is 19.1 Å². The predicted molar refractivity (Wildman–Crippen MR) is 104 cm³/mol. The zero-order valence-corrected chi connectivity index (χ0v) is 15.8. The van der Waals surface area contributed by atoms with Crippen molar-refractivity contribution in [2.45, 2.75) is 13.5 Å². The molecule has 0 atom stereocenters. The Morgan fingerprint density at radius 3 is 2.41 bits per heavy atom. The average molecular weight is 368 g/mol. The van der Waals surface area contributed by atoms with Crippen molar-refractivity contribution < 1.29 is 19.2 Å². The maximum absolute atomic E-state index is 12.6. The number of urea groups is 1. The van der Waals surface area contributed by atoms with Crippen molar-refractivity contribution in [1.82, 2.24) is 4.90 Å². The first kappa shape index (κ1) is 18.9. The van der Waals surface area contributed by atoms with Crippen LogP contribution in [-0.2, 0) is 11.3 Å². The molecule has 0 radical (unpaired) electrons. The number of esters is 1. The highest BCUT2D eigenvalue weighted by molar-refractivity contribution is 6.00. The number of quaternary nitrogens is 1. The molecule has 1 aliphatic heterocycles. The molecular weight excluding hydrogens is 342 g/mol. The maximum atomic E-state index is 12.6. The Morgan fingerprint density at radius 1 is 1.07 bits per heavy atom. The first-order valence-corrected chi connectivity index (χ1v) is 9.19. The number of ether oxygens (including phenoxy) is 1. The highest BCUT2D eigenvalue weighted by Gasteiger charge is 2.24. The Balaban J connectivity index is 1.54. The highest BCUT2D eigenvalue weighted by atomic mass is 16.5. The van der Waals surface area contributed by atoms with Crippen molar-refractivity contribution in [3.63, 3.8) is 0 Å². The fourth-order valence-electron chi connectivity index (χ4n) is 3.27. The molecule has 2 N–H and O–H groups in total. The fraction of sp³-hybridized carbons (Fsp3) is 0.333. The van der Waals surface area contributed by atoms with Gasteiger partial charge in [-0.3, -0.25) is 0 Å². The lowest BCUT2D eigenvalue weighted by Crippen LogP contribution is -3.13. The quantitative estimate of drug-likeness (QED) is 0.808. The van der Waals surface area contributed by atoms with Gasteiger partial charge in [-0.25, -0.2) is 9.59 Å². The largest absolute Gasteiger partial charge is 0.465 e. The minimum Gasteiger partial charge on any atom is -0.465 e. The first-order chi connectivity index (χ1) is 13.1. The van der Waals surface area contributed by atoms with Crippen LogP contribution in [0.15, 0.2) is 48.5 Å². The topological polar surface area (TPSA) is 63.1 Å². The molecular formula is C21H26N3O3+. The van der Waals surface area contributed by atoms with Gasteiger partial charge in [0.15, 0.2) is 0 Å². The summed E-state index contributed by atoms with van der Waals surface area (Å²) in [6.45, 7) is 6.24. The zero-order chi connectivity index (χ0) is 19.2. The monoisotopic (exact) mass is 368 g/mol. The van der Waals surface area contributed by atoms with Gasteiger partial charge in [0.1, 0.15) is 6.54 Å². The third-order valence-electron chi connectivity index (χ3n) is 4.91. The molecule has 2 aromatic carbocycles. The minimum atomic E-state index is -0.460. The molecule has 0 saturated carbocycles. The van der Waals surface area contributed by atoms with Crippen molar-refractivity contribution in [3.8, 4) is 0 Å². The lowest BCUT2D eigenvalue weighted by Gasteiger charge is -2.32. The molecule has 1 aliphatic rings. The molecule has 0 unspecified atom stereocenters. The second-order valence-electron chi connectivity index (χ2n) is 6.87. The molecule has 0 aliphatic carbocycles. The molecule has 1 heterocycles. The first-order valence-electron chi connectivity index (χ1n) is 9.19. The maximum Gasteiger partial charge on any atom is 0.339 e. The van der Waals surface area contributed by atoms with Crippen LogP contribution in [-0.4, -0.2) is 50.2 Å². The number of hydrogen-bond donors (Lipinski definition) is 2. The summed E-state index contributed by atoms with van der Waals surface area (Å²) in [5.74, 6) is -0.460. The number of hydrogen-bond acceptors (Lipinski definition) is 3. The molecule has 142 valence electrons. The Kier molecular flexibility index (Phi) is 6.08. The molecule has 0 bridgehead atoms. The van der Waals surface area contributed by atoms with Gasteiger partial charge in [0.25, 0.3) is 0 Å². The zero-order valence-electron chi connectivity index (χ0n) is 15.8. The Bertz CT molecular complexity index is 797. The Morgan fingerprint density at radius 2 is 1.74 bits per heavy atom. The van der Waals surface area contributed by atoms with E-state index in [4.69, 9.17) is 4.74 Å². The van der Waals surface area contributed by atoms with E-state index in [9.17, 15) is 9.59 Å². The van der Waals surface area contributed by atoms with Crippen LogP contribution >= 0.6 is 0 Å². The van der Waals surface area contributed by atoms with E-state index in [0.29, 0.717) is 24.3 Å². The number of carbonyl (C=O) groups is 2. The molecule has 27 heavy (non-hydrogen) atoms. The van der Waals surface area contributed by atoms with E-state index in [1.54, 1.807) is 29.2 Å². The lowest BCUT2D eigenvalue weighted by atomic mass is 10.1. The van der Waals surface area contributed by atoms with Crippen LogP contribution in [0.2, 0.25) is 0 Å². The smallest absolute Gasteiger partial charge is 0.339 e. The molecule has 1 fully saturated rings. The number of nitrogens with one attached hydrogen (secondary N) is 2. The molecule has 1 saturated heterocycles. The second-order valence-corrected chi connectivity index (χ2v) is 6.87. The van der Waals surface area contributed by atoms with E-state index in [0.717, 1.165) is 19.6 Å². The molecule has 2 amide bonds. The Labute approximate surface area is 159 Å². The number of amides is 2. The lowest BCUT2D eigenvalue weighted by molar-refractivity contribution is -0.917. The number of rotatable bonds is 4. The molecule has 3 rings (SSSR count). The molecule has 6 nitrogen and oxygen atoms in total. The SMILES string of the molecule is COC(=O)c1ccccc1NC(=O)N1CC[NH+](Cc2ccc(C)cc2)CC1. The van der Waals surface area contributed by atoms with Gasteiger partial charge in [-0.2, -0.15) is 0 Å². The summed E-state index contributed by atoms with van der Waals surface area (Å²) in [7, 11) is 1.33. The summed E-state index contributed by atoms with van der Waals surface area (Å²) in [4.78, 5) is 27.7. The van der Waals surface area contributed by atoms with Crippen molar-refractivity contribution >= 4 is 17.7 Å². The molecule has 0 spiro atoms. The van der Waals surface area contributed by atoms with E-state index >= 15 is 0 Å². The minimum absolute atomic E-state index is 0.180. The van der Waals surface area contributed by atoms with Crippen molar-refractivity contribution in [1.29, 1.82) is 0 Å². The molecule has 0 aromatic heterocycles.